The molecule has 21 heavy (non-hydrogen) atoms. The maximum atomic E-state index is 12.1. The molecule has 2 rings (SSSR count). The van der Waals surface area contributed by atoms with Crippen LogP contribution in [0.2, 0.25) is 0 Å². The van der Waals surface area contributed by atoms with E-state index in [2.05, 4.69) is 10.3 Å². The zero-order valence-corrected chi connectivity index (χ0v) is 12.5. The van der Waals surface area contributed by atoms with Crippen molar-refractivity contribution in [2.24, 2.45) is 0 Å². The molecule has 0 bridgehead atoms. The Morgan fingerprint density at radius 2 is 2.05 bits per heavy atom. The Labute approximate surface area is 124 Å². The molecule has 2 aromatic rings. The highest BCUT2D eigenvalue weighted by Crippen LogP contribution is 2.08. The molecule has 5 nitrogen and oxygen atoms in total. The second kappa shape index (κ2) is 7.47. The standard InChI is InChI=1S/C16H21N3O2/c1-13(2)19-11-10-18-15(16(19)20)17-9-6-12-21-14-7-4-3-5-8-14/h3-5,7-8,10-11,13H,6,9,12H2,1-2H3,(H,17,18). The van der Waals surface area contributed by atoms with E-state index in [1.165, 1.54) is 0 Å². The molecular formula is C16H21N3O2. The lowest BCUT2D eigenvalue weighted by molar-refractivity contribution is 0.315. The average molecular weight is 287 g/mol. The molecule has 1 aromatic heterocycles. The van der Waals surface area contributed by atoms with Crippen molar-refractivity contribution in [1.29, 1.82) is 0 Å². The second-order valence-electron chi connectivity index (χ2n) is 5.02. The summed E-state index contributed by atoms with van der Waals surface area (Å²) in [4.78, 5) is 16.2. The van der Waals surface area contributed by atoms with Gasteiger partial charge in [-0.25, -0.2) is 4.98 Å². The fourth-order valence-electron chi connectivity index (χ4n) is 1.94. The Hall–Kier alpha value is -2.30. The minimum Gasteiger partial charge on any atom is -0.494 e. The van der Waals surface area contributed by atoms with Crippen LogP contribution in [0.1, 0.15) is 26.3 Å². The van der Waals surface area contributed by atoms with E-state index in [1.54, 1.807) is 17.0 Å². The van der Waals surface area contributed by atoms with Gasteiger partial charge in [0.15, 0.2) is 5.82 Å². The minimum absolute atomic E-state index is 0.0866. The molecule has 0 radical (unpaired) electrons. The molecule has 0 aliphatic heterocycles. The summed E-state index contributed by atoms with van der Waals surface area (Å²) in [5.74, 6) is 1.25. The lowest BCUT2D eigenvalue weighted by Gasteiger charge is -2.11. The van der Waals surface area contributed by atoms with Gasteiger partial charge in [0.25, 0.3) is 5.56 Å². The van der Waals surface area contributed by atoms with Crippen LogP contribution >= 0.6 is 0 Å². The Morgan fingerprint density at radius 3 is 2.76 bits per heavy atom. The number of nitrogens with one attached hydrogen (secondary N) is 1. The van der Waals surface area contributed by atoms with Gasteiger partial charge in [0.05, 0.1) is 6.61 Å². The maximum absolute atomic E-state index is 12.1. The van der Waals surface area contributed by atoms with Crippen molar-refractivity contribution in [3.05, 3.63) is 53.1 Å². The van der Waals surface area contributed by atoms with Gasteiger partial charge in [0.1, 0.15) is 5.75 Å². The Morgan fingerprint density at radius 1 is 1.29 bits per heavy atom. The molecule has 0 aliphatic carbocycles. The molecule has 0 unspecified atom stereocenters. The maximum Gasteiger partial charge on any atom is 0.293 e. The number of hydrogen-bond donors (Lipinski definition) is 1. The first kappa shape index (κ1) is 15.1. The van der Waals surface area contributed by atoms with E-state index in [0.29, 0.717) is 19.0 Å². The smallest absolute Gasteiger partial charge is 0.293 e. The first-order valence-corrected chi connectivity index (χ1v) is 7.17. The van der Waals surface area contributed by atoms with Crippen molar-refractivity contribution in [3.8, 4) is 5.75 Å². The topological polar surface area (TPSA) is 56.1 Å². The third kappa shape index (κ3) is 4.34. The van der Waals surface area contributed by atoms with Gasteiger partial charge < -0.3 is 14.6 Å². The van der Waals surface area contributed by atoms with E-state index in [1.807, 2.05) is 44.2 Å². The molecule has 0 saturated heterocycles. The van der Waals surface area contributed by atoms with Crippen LogP contribution in [0.25, 0.3) is 0 Å². The van der Waals surface area contributed by atoms with Gasteiger partial charge >= 0.3 is 0 Å². The number of ether oxygens (including phenoxy) is 1. The van der Waals surface area contributed by atoms with E-state index in [9.17, 15) is 4.79 Å². The van der Waals surface area contributed by atoms with Gasteiger partial charge in [-0.2, -0.15) is 0 Å². The van der Waals surface area contributed by atoms with Crippen LogP contribution in [0.3, 0.4) is 0 Å². The molecule has 1 N–H and O–H groups in total. The van der Waals surface area contributed by atoms with Gasteiger partial charge in [0.2, 0.25) is 0 Å². The molecule has 1 aromatic carbocycles. The summed E-state index contributed by atoms with van der Waals surface area (Å²) in [5.41, 5.74) is -0.0866. The number of para-hydroxylation sites is 1. The first-order valence-electron chi connectivity index (χ1n) is 7.17. The van der Waals surface area contributed by atoms with E-state index in [4.69, 9.17) is 4.74 Å². The quantitative estimate of drug-likeness (QED) is 0.796. The largest absolute Gasteiger partial charge is 0.494 e. The monoisotopic (exact) mass is 287 g/mol. The highest BCUT2D eigenvalue weighted by atomic mass is 16.5. The molecule has 0 atom stereocenters. The molecular weight excluding hydrogens is 266 g/mol. The van der Waals surface area contributed by atoms with Crippen molar-refractivity contribution >= 4 is 5.82 Å². The van der Waals surface area contributed by atoms with Gasteiger partial charge in [0, 0.05) is 25.0 Å². The molecule has 5 heteroatoms. The fourth-order valence-corrected chi connectivity index (χ4v) is 1.94. The Kier molecular flexibility index (Phi) is 5.37. The van der Waals surface area contributed by atoms with E-state index < -0.39 is 0 Å². The van der Waals surface area contributed by atoms with E-state index in [-0.39, 0.29) is 11.6 Å². The van der Waals surface area contributed by atoms with E-state index >= 15 is 0 Å². The summed E-state index contributed by atoms with van der Waals surface area (Å²) in [6.45, 7) is 5.19. The first-order chi connectivity index (χ1) is 10.2. The minimum atomic E-state index is -0.0866. The molecule has 0 amide bonds. The van der Waals surface area contributed by atoms with Gasteiger partial charge in [-0.05, 0) is 32.4 Å². The van der Waals surface area contributed by atoms with Gasteiger partial charge in [-0.3, -0.25) is 4.79 Å². The van der Waals surface area contributed by atoms with Crippen LogP contribution < -0.4 is 15.6 Å². The predicted octanol–water partition coefficient (Wildman–Crippen LogP) is 2.71. The third-order valence-electron chi connectivity index (χ3n) is 3.05. The fraction of sp³-hybridized carbons (Fsp3) is 0.375. The molecule has 1 heterocycles. The number of rotatable bonds is 7. The SMILES string of the molecule is CC(C)n1ccnc(NCCCOc2ccccc2)c1=O. The highest BCUT2D eigenvalue weighted by molar-refractivity contribution is 5.30. The van der Waals surface area contributed by atoms with Gasteiger partial charge in [-0.1, -0.05) is 18.2 Å². The average Bonchev–Trinajstić information content (AvgIpc) is 2.49. The summed E-state index contributed by atoms with van der Waals surface area (Å²) in [5, 5.41) is 3.07. The highest BCUT2D eigenvalue weighted by Gasteiger charge is 2.06. The molecule has 0 saturated carbocycles. The zero-order chi connectivity index (χ0) is 15.1. The van der Waals surface area contributed by atoms with Crippen LogP contribution in [-0.4, -0.2) is 22.7 Å². The van der Waals surface area contributed by atoms with Crippen LogP contribution in [0.4, 0.5) is 5.82 Å². The number of aromatic nitrogens is 2. The second-order valence-corrected chi connectivity index (χ2v) is 5.02. The predicted molar refractivity (Wildman–Crippen MR) is 83.9 cm³/mol. The van der Waals surface area contributed by atoms with Crippen LogP contribution in [-0.2, 0) is 0 Å². The van der Waals surface area contributed by atoms with Crippen molar-refractivity contribution in [2.75, 3.05) is 18.5 Å². The summed E-state index contributed by atoms with van der Waals surface area (Å²) in [7, 11) is 0. The molecule has 0 fully saturated rings. The summed E-state index contributed by atoms with van der Waals surface area (Å²) >= 11 is 0. The number of benzene rings is 1. The van der Waals surface area contributed by atoms with Crippen molar-refractivity contribution in [3.63, 3.8) is 0 Å². The molecule has 0 aliphatic rings. The molecule has 112 valence electrons. The lowest BCUT2D eigenvalue weighted by Crippen LogP contribution is -2.26. The van der Waals surface area contributed by atoms with Crippen molar-refractivity contribution < 1.29 is 4.74 Å². The number of hydrogen-bond acceptors (Lipinski definition) is 4. The van der Waals surface area contributed by atoms with E-state index in [0.717, 1.165) is 12.2 Å². The molecule has 0 spiro atoms. The van der Waals surface area contributed by atoms with Crippen LogP contribution in [0.5, 0.6) is 5.75 Å². The Bertz CT molecular complexity index is 608. The lowest BCUT2D eigenvalue weighted by atomic mass is 10.3. The number of anilines is 1. The van der Waals surface area contributed by atoms with Crippen molar-refractivity contribution in [2.45, 2.75) is 26.3 Å². The Balaban J connectivity index is 1.79. The summed E-state index contributed by atoms with van der Waals surface area (Å²) in [6.07, 6.45) is 4.15. The number of nitrogens with zero attached hydrogens (tertiary/aromatic N) is 2. The summed E-state index contributed by atoms with van der Waals surface area (Å²) in [6, 6.07) is 9.81. The zero-order valence-electron chi connectivity index (χ0n) is 12.5. The van der Waals surface area contributed by atoms with Crippen LogP contribution in [0, 0.1) is 0 Å². The third-order valence-corrected chi connectivity index (χ3v) is 3.05. The normalized spacial score (nSPS) is 10.6. The summed E-state index contributed by atoms with van der Waals surface area (Å²) < 4.78 is 7.25. The van der Waals surface area contributed by atoms with Gasteiger partial charge in [-0.15, -0.1) is 0 Å². The van der Waals surface area contributed by atoms with Crippen LogP contribution in [0.15, 0.2) is 47.5 Å². The van der Waals surface area contributed by atoms with Crippen molar-refractivity contribution in [1.82, 2.24) is 9.55 Å².